The van der Waals surface area contributed by atoms with Gasteiger partial charge in [-0.15, -0.1) is 0 Å². The number of alkyl halides is 1. The van der Waals surface area contributed by atoms with Gasteiger partial charge >= 0.3 is 0 Å². The highest BCUT2D eigenvalue weighted by Crippen LogP contribution is 2.33. The zero-order valence-corrected chi connectivity index (χ0v) is 14.8. The Bertz CT molecular complexity index is 438. The molecule has 0 atom stereocenters. The number of amides is 1. The highest BCUT2D eigenvalue weighted by molar-refractivity contribution is 14.1. The summed E-state index contributed by atoms with van der Waals surface area (Å²) < 4.78 is 1.15. The Morgan fingerprint density at radius 1 is 1.37 bits per heavy atom. The van der Waals surface area contributed by atoms with Gasteiger partial charge in [-0.05, 0) is 78.5 Å². The fourth-order valence-electron chi connectivity index (χ4n) is 2.52. The van der Waals surface area contributed by atoms with Crippen molar-refractivity contribution in [2.75, 3.05) is 5.33 Å². The summed E-state index contributed by atoms with van der Waals surface area (Å²) in [6, 6.07) is 7.73. The summed E-state index contributed by atoms with van der Waals surface area (Å²) in [6.07, 6.45) is 4.52. The van der Waals surface area contributed by atoms with E-state index in [2.05, 4.69) is 50.8 Å². The number of carbonyl (C=O) groups excluding carboxylic acids is 1. The van der Waals surface area contributed by atoms with E-state index in [0.717, 1.165) is 33.2 Å². The molecule has 0 spiro atoms. The van der Waals surface area contributed by atoms with Gasteiger partial charge in [0.15, 0.2) is 0 Å². The molecule has 1 aliphatic carbocycles. The van der Waals surface area contributed by atoms with Crippen LogP contribution in [0.2, 0.25) is 0 Å². The SMILES string of the molecule is CC1CCC(CBr)(NC(=O)c2ccc(I)cc2)CC1. The molecule has 0 aromatic heterocycles. The van der Waals surface area contributed by atoms with E-state index in [0.29, 0.717) is 0 Å². The highest BCUT2D eigenvalue weighted by atomic mass is 127. The molecular formula is C15H19BrINO. The maximum atomic E-state index is 12.3. The van der Waals surface area contributed by atoms with Crippen LogP contribution in [0.5, 0.6) is 0 Å². The summed E-state index contributed by atoms with van der Waals surface area (Å²) in [5.74, 6) is 0.827. The van der Waals surface area contributed by atoms with Crippen molar-refractivity contribution >= 4 is 44.4 Å². The summed E-state index contributed by atoms with van der Waals surface area (Å²) in [6.45, 7) is 2.29. The van der Waals surface area contributed by atoms with E-state index < -0.39 is 0 Å². The monoisotopic (exact) mass is 435 g/mol. The molecule has 0 bridgehead atoms. The van der Waals surface area contributed by atoms with Gasteiger partial charge in [-0.2, -0.15) is 0 Å². The molecule has 0 aliphatic heterocycles. The van der Waals surface area contributed by atoms with Gasteiger partial charge in [-0.1, -0.05) is 22.9 Å². The number of nitrogens with one attached hydrogen (secondary N) is 1. The first-order valence-corrected chi connectivity index (χ1v) is 8.89. The molecule has 4 heteroatoms. The van der Waals surface area contributed by atoms with Crippen molar-refractivity contribution < 1.29 is 4.79 Å². The van der Waals surface area contributed by atoms with Crippen molar-refractivity contribution in [2.45, 2.75) is 38.1 Å². The van der Waals surface area contributed by atoms with Gasteiger partial charge in [0.05, 0.1) is 5.54 Å². The second-order valence-electron chi connectivity index (χ2n) is 5.56. The molecule has 1 aromatic rings. The lowest BCUT2D eigenvalue weighted by molar-refractivity contribution is 0.0874. The van der Waals surface area contributed by atoms with Gasteiger partial charge in [-0.25, -0.2) is 0 Å². The lowest BCUT2D eigenvalue weighted by Crippen LogP contribution is -2.52. The van der Waals surface area contributed by atoms with Gasteiger partial charge < -0.3 is 5.32 Å². The summed E-state index contributed by atoms with van der Waals surface area (Å²) in [5, 5.41) is 4.09. The van der Waals surface area contributed by atoms with Gasteiger partial charge in [0.2, 0.25) is 0 Å². The Hall–Kier alpha value is -0.100. The quantitative estimate of drug-likeness (QED) is 0.554. The van der Waals surface area contributed by atoms with Crippen LogP contribution in [0.15, 0.2) is 24.3 Å². The zero-order valence-electron chi connectivity index (χ0n) is 11.1. The maximum Gasteiger partial charge on any atom is 0.251 e. The van der Waals surface area contributed by atoms with Crippen LogP contribution in [-0.4, -0.2) is 16.8 Å². The van der Waals surface area contributed by atoms with Crippen LogP contribution >= 0.6 is 38.5 Å². The molecule has 0 radical (unpaired) electrons. The van der Waals surface area contributed by atoms with E-state index in [9.17, 15) is 4.79 Å². The summed E-state index contributed by atoms with van der Waals surface area (Å²) in [5.41, 5.74) is 0.687. The Morgan fingerprint density at radius 3 is 2.47 bits per heavy atom. The number of hydrogen-bond acceptors (Lipinski definition) is 1. The predicted octanol–water partition coefficient (Wildman–Crippen LogP) is 4.36. The average Bonchev–Trinajstić information content (AvgIpc) is 2.42. The molecule has 2 rings (SSSR count). The third-order valence-corrected chi connectivity index (χ3v) is 5.76. The molecule has 0 unspecified atom stereocenters. The molecule has 2 nitrogen and oxygen atoms in total. The summed E-state index contributed by atoms with van der Waals surface area (Å²) >= 11 is 5.83. The molecule has 1 amide bonds. The van der Waals surface area contributed by atoms with Crippen molar-refractivity contribution in [2.24, 2.45) is 5.92 Å². The average molecular weight is 436 g/mol. The van der Waals surface area contributed by atoms with E-state index in [-0.39, 0.29) is 11.4 Å². The van der Waals surface area contributed by atoms with Gasteiger partial charge in [-0.3, -0.25) is 4.79 Å². The molecule has 1 fully saturated rings. The number of hydrogen-bond donors (Lipinski definition) is 1. The predicted molar refractivity (Wildman–Crippen MR) is 90.8 cm³/mol. The lowest BCUT2D eigenvalue weighted by atomic mass is 9.78. The van der Waals surface area contributed by atoms with Crippen molar-refractivity contribution in [1.82, 2.24) is 5.32 Å². The van der Waals surface area contributed by atoms with Crippen LogP contribution in [0.25, 0.3) is 0 Å². The Kier molecular flexibility index (Phi) is 5.29. The second kappa shape index (κ2) is 6.57. The smallest absolute Gasteiger partial charge is 0.251 e. The van der Waals surface area contributed by atoms with Gasteiger partial charge in [0.1, 0.15) is 0 Å². The Labute approximate surface area is 137 Å². The molecule has 104 valence electrons. The van der Waals surface area contributed by atoms with E-state index in [4.69, 9.17) is 0 Å². The third-order valence-electron chi connectivity index (χ3n) is 3.97. The first-order chi connectivity index (χ1) is 9.04. The van der Waals surface area contributed by atoms with Gasteiger partial charge in [0.25, 0.3) is 5.91 Å². The molecular weight excluding hydrogens is 417 g/mol. The minimum atomic E-state index is -0.0629. The van der Waals surface area contributed by atoms with Crippen LogP contribution in [-0.2, 0) is 0 Å². The van der Waals surface area contributed by atoms with Crippen LogP contribution in [0.3, 0.4) is 0 Å². The first-order valence-electron chi connectivity index (χ1n) is 6.69. The normalized spacial score (nSPS) is 27.0. The molecule has 0 saturated heterocycles. The topological polar surface area (TPSA) is 29.1 Å². The second-order valence-corrected chi connectivity index (χ2v) is 7.36. The van der Waals surface area contributed by atoms with Crippen LogP contribution < -0.4 is 5.32 Å². The fraction of sp³-hybridized carbons (Fsp3) is 0.533. The van der Waals surface area contributed by atoms with E-state index in [1.54, 1.807) is 0 Å². The highest BCUT2D eigenvalue weighted by Gasteiger charge is 2.34. The van der Waals surface area contributed by atoms with E-state index in [1.165, 1.54) is 12.8 Å². The van der Waals surface area contributed by atoms with Crippen molar-refractivity contribution in [3.8, 4) is 0 Å². The third kappa shape index (κ3) is 3.94. The minimum Gasteiger partial charge on any atom is -0.346 e. The van der Waals surface area contributed by atoms with Crippen LogP contribution in [0.4, 0.5) is 0 Å². The first kappa shape index (κ1) is 15.3. The lowest BCUT2D eigenvalue weighted by Gasteiger charge is -2.39. The summed E-state index contributed by atoms with van der Waals surface area (Å²) in [4.78, 5) is 12.3. The number of rotatable bonds is 3. The van der Waals surface area contributed by atoms with Crippen molar-refractivity contribution in [1.29, 1.82) is 0 Å². The van der Waals surface area contributed by atoms with Crippen molar-refractivity contribution in [3.05, 3.63) is 33.4 Å². The number of halogens is 2. The maximum absolute atomic E-state index is 12.3. The van der Waals surface area contributed by atoms with Crippen LogP contribution in [0.1, 0.15) is 43.0 Å². The van der Waals surface area contributed by atoms with Crippen molar-refractivity contribution in [3.63, 3.8) is 0 Å². The molecule has 1 N–H and O–H groups in total. The van der Waals surface area contributed by atoms with E-state index >= 15 is 0 Å². The molecule has 1 aromatic carbocycles. The fourth-order valence-corrected chi connectivity index (χ4v) is 3.58. The molecule has 1 aliphatic rings. The standard InChI is InChI=1S/C15H19BrINO/c1-11-6-8-15(10-16,9-7-11)18-14(19)12-2-4-13(17)5-3-12/h2-5,11H,6-10H2,1H3,(H,18,19). The number of carbonyl (C=O) groups is 1. The Balaban J connectivity index is 2.06. The van der Waals surface area contributed by atoms with E-state index in [1.807, 2.05) is 24.3 Å². The number of benzene rings is 1. The van der Waals surface area contributed by atoms with Gasteiger partial charge in [0, 0.05) is 14.5 Å². The van der Waals surface area contributed by atoms with Crippen LogP contribution in [0, 0.1) is 9.49 Å². The summed E-state index contributed by atoms with van der Waals surface area (Å²) in [7, 11) is 0. The molecule has 19 heavy (non-hydrogen) atoms. The Morgan fingerprint density at radius 2 is 1.95 bits per heavy atom. The molecule has 1 saturated carbocycles. The molecule has 0 heterocycles. The largest absolute Gasteiger partial charge is 0.346 e. The minimum absolute atomic E-state index is 0.0467. The zero-order chi connectivity index (χ0) is 13.9.